The molecule has 0 aliphatic rings. The Morgan fingerprint density at radius 2 is 1.57 bits per heavy atom. The molecule has 0 fully saturated rings. The molecule has 1 rings (SSSR count). The number of nitrogens with zero attached hydrogens (tertiary/aromatic N) is 3. The molecule has 28 heavy (non-hydrogen) atoms. The van der Waals surface area contributed by atoms with E-state index in [9.17, 15) is 14.4 Å². The number of aromatic nitrogens is 1. The molecule has 0 aromatic carbocycles. The van der Waals surface area contributed by atoms with Crippen LogP contribution in [0.2, 0.25) is 0 Å². The topological polar surface area (TPSA) is 133 Å². The van der Waals surface area contributed by atoms with Gasteiger partial charge in [-0.05, 0) is 47.6 Å². The summed E-state index contributed by atoms with van der Waals surface area (Å²) in [4.78, 5) is 42.4. The second kappa shape index (κ2) is 8.68. The number of rotatable bonds is 3. The Balaban J connectivity index is 3.57. The van der Waals surface area contributed by atoms with Crippen LogP contribution in [0.1, 0.15) is 57.6 Å². The van der Waals surface area contributed by atoms with E-state index in [0.717, 1.165) is 13.3 Å². The number of methoxy groups -OCH3 is 1. The highest BCUT2D eigenvalue weighted by molar-refractivity contribution is 6.13. The fourth-order valence-electron chi connectivity index (χ4n) is 1.95. The fourth-order valence-corrected chi connectivity index (χ4v) is 1.95. The monoisotopic (exact) mass is 394 g/mol. The number of hydrogen-bond donors (Lipinski definition) is 1. The summed E-state index contributed by atoms with van der Waals surface area (Å²) in [5.41, 5.74) is -1.86. The van der Waals surface area contributed by atoms with E-state index in [-0.39, 0.29) is 16.9 Å². The third-order valence-electron chi connectivity index (χ3n) is 2.91. The third kappa shape index (κ3) is 6.53. The van der Waals surface area contributed by atoms with Gasteiger partial charge in [-0.1, -0.05) is 0 Å². The van der Waals surface area contributed by atoms with E-state index in [1.165, 1.54) is 12.3 Å². The number of amides is 2. The van der Waals surface area contributed by atoms with Crippen molar-refractivity contribution < 1.29 is 28.6 Å². The number of anilines is 1. The highest BCUT2D eigenvalue weighted by Crippen LogP contribution is 2.26. The zero-order valence-electron chi connectivity index (χ0n) is 17.1. The highest BCUT2D eigenvalue weighted by Gasteiger charge is 2.35. The highest BCUT2D eigenvalue weighted by atomic mass is 16.6. The molecule has 2 amide bonds. The quantitative estimate of drug-likeness (QED) is 0.272. The van der Waals surface area contributed by atoms with Gasteiger partial charge in [-0.15, -0.1) is 0 Å². The zero-order valence-corrected chi connectivity index (χ0v) is 17.1. The van der Waals surface area contributed by atoms with Gasteiger partial charge in [0.25, 0.3) is 0 Å². The molecule has 0 saturated heterocycles. The van der Waals surface area contributed by atoms with Crippen molar-refractivity contribution >= 4 is 30.1 Å². The van der Waals surface area contributed by atoms with Crippen LogP contribution >= 0.6 is 0 Å². The van der Waals surface area contributed by atoms with Gasteiger partial charge in [-0.3, -0.25) is 4.98 Å². The molecule has 0 spiro atoms. The second-order valence-corrected chi connectivity index (χ2v) is 7.69. The van der Waals surface area contributed by atoms with Crippen molar-refractivity contribution in [1.82, 2.24) is 4.98 Å². The molecule has 10 heteroatoms. The van der Waals surface area contributed by atoms with Crippen LogP contribution in [0.4, 0.5) is 15.3 Å². The number of carbonyl (C=O) groups is 3. The largest absolute Gasteiger partial charge is 0.465 e. The third-order valence-corrected chi connectivity index (χ3v) is 2.91. The average Bonchev–Trinajstić information content (AvgIpc) is 2.52. The molecule has 0 aliphatic heterocycles. The van der Waals surface area contributed by atoms with Crippen LogP contribution in [0.3, 0.4) is 0 Å². The van der Waals surface area contributed by atoms with E-state index in [4.69, 9.17) is 20.1 Å². The molecule has 154 valence electrons. The Morgan fingerprint density at radius 3 is 1.96 bits per heavy atom. The van der Waals surface area contributed by atoms with Gasteiger partial charge in [0.2, 0.25) is 0 Å². The summed E-state index contributed by atoms with van der Waals surface area (Å²) in [6, 6.07) is 1.28. The van der Waals surface area contributed by atoms with Gasteiger partial charge in [0.15, 0.2) is 0 Å². The van der Waals surface area contributed by atoms with Crippen molar-refractivity contribution in [3.8, 4) is 0 Å². The number of carbonyl (C=O) groups excluding carboxylic acids is 3. The van der Waals surface area contributed by atoms with E-state index in [0.29, 0.717) is 4.90 Å². The summed E-state index contributed by atoms with van der Waals surface area (Å²) in [7, 11) is 1.16. The first-order chi connectivity index (χ1) is 12.8. The molecule has 0 unspecified atom stereocenters. The Morgan fingerprint density at radius 1 is 1.07 bits per heavy atom. The summed E-state index contributed by atoms with van der Waals surface area (Å²) in [5.74, 6) is 4.30. The predicted molar refractivity (Wildman–Crippen MR) is 102 cm³/mol. The first kappa shape index (κ1) is 22.9. The van der Waals surface area contributed by atoms with Crippen molar-refractivity contribution in [3.63, 3.8) is 0 Å². The van der Waals surface area contributed by atoms with Crippen LogP contribution in [-0.2, 0) is 14.2 Å². The van der Waals surface area contributed by atoms with E-state index < -0.39 is 29.4 Å². The number of nitrogens with two attached hydrogens (primary N) is 1. The van der Waals surface area contributed by atoms with E-state index in [1.54, 1.807) is 41.5 Å². The van der Waals surface area contributed by atoms with E-state index in [2.05, 4.69) is 10.1 Å². The summed E-state index contributed by atoms with van der Waals surface area (Å²) in [5, 5.41) is 3.34. The van der Waals surface area contributed by atoms with Crippen molar-refractivity contribution in [2.45, 2.75) is 52.7 Å². The molecule has 0 bridgehead atoms. The number of hydrogen-bond acceptors (Lipinski definition) is 9. The zero-order chi connectivity index (χ0) is 21.7. The van der Waals surface area contributed by atoms with Crippen molar-refractivity contribution in [2.75, 3.05) is 12.0 Å². The molecule has 2 N–H and O–H groups in total. The van der Waals surface area contributed by atoms with Crippen LogP contribution in [0, 0.1) is 0 Å². The standard InChI is InChI=1S/C18H26N4O6/c1-17(2,3)27-15(24)22(16(25)28-18(4,5)6)13-10-20-11(9-21-19)8-12(13)14(23)26-7/h8-10H,19H2,1-7H3/b21-9+. The summed E-state index contributed by atoms with van der Waals surface area (Å²) in [6.45, 7) is 9.82. The molecule has 10 nitrogen and oxygen atoms in total. The predicted octanol–water partition coefficient (Wildman–Crippen LogP) is 2.84. The van der Waals surface area contributed by atoms with Gasteiger partial charge in [-0.2, -0.15) is 10.0 Å². The van der Waals surface area contributed by atoms with Crippen molar-refractivity contribution in [1.29, 1.82) is 0 Å². The van der Waals surface area contributed by atoms with E-state index in [1.807, 2.05) is 0 Å². The van der Waals surface area contributed by atoms with Gasteiger partial charge < -0.3 is 20.1 Å². The lowest BCUT2D eigenvalue weighted by molar-refractivity contribution is 0.0430. The molecule has 1 aromatic rings. The first-order valence-corrected chi connectivity index (χ1v) is 8.36. The second-order valence-electron chi connectivity index (χ2n) is 7.69. The van der Waals surface area contributed by atoms with Crippen LogP contribution in [0.15, 0.2) is 17.4 Å². The SMILES string of the molecule is COC(=O)c1cc(/C=N/N)ncc1N(C(=O)OC(C)(C)C)C(=O)OC(C)(C)C. The Kier molecular flexibility index (Phi) is 7.09. The summed E-state index contributed by atoms with van der Waals surface area (Å²) >= 11 is 0. The molecule has 0 atom stereocenters. The summed E-state index contributed by atoms with van der Waals surface area (Å²) in [6.07, 6.45) is 0.265. The number of pyridine rings is 1. The van der Waals surface area contributed by atoms with E-state index >= 15 is 0 Å². The van der Waals surface area contributed by atoms with Crippen LogP contribution in [0.5, 0.6) is 0 Å². The number of imide groups is 1. The molecule has 0 saturated carbocycles. The smallest absolute Gasteiger partial charge is 0.424 e. The molecule has 1 heterocycles. The minimum Gasteiger partial charge on any atom is -0.465 e. The maximum absolute atomic E-state index is 12.7. The Labute approximate surface area is 163 Å². The number of esters is 1. The molecule has 0 aliphatic carbocycles. The average molecular weight is 394 g/mol. The number of ether oxygens (including phenoxy) is 3. The minimum atomic E-state index is -1.03. The molecule has 0 radical (unpaired) electrons. The van der Waals surface area contributed by atoms with Crippen LogP contribution in [0.25, 0.3) is 0 Å². The molecular formula is C18H26N4O6. The lowest BCUT2D eigenvalue weighted by Gasteiger charge is -2.29. The molecular weight excluding hydrogens is 368 g/mol. The van der Waals surface area contributed by atoms with Crippen LogP contribution < -0.4 is 10.7 Å². The lowest BCUT2D eigenvalue weighted by atomic mass is 10.1. The van der Waals surface area contributed by atoms with Gasteiger partial charge in [0.1, 0.15) is 11.2 Å². The van der Waals surface area contributed by atoms with Gasteiger partial charge in [0.05, 0.1) is 36.5 Å². The fraction of sp³-hybridized carbons (Fsp3) is 0.500. The van der Waals surface area contributed by atoms with Gasteiger partial charge in [0, 0.05) is 0 Å². The Bertz CT molecular complexity index is 749. The first-order valence-electron chi connectivity index (χ1n) is 8.36. The maximum Gasteiger partial charge on any atom is 0.424 e. The minimum absolute atomic E-state index is 0.121. The normalized spacial score (nSPS) is 11.8. The van der Waals surface area contributed by atoms with Crippen LogP contribution in [-0.4, -0.2) is 47.7 Å². The number of hydrazone groups is 1. The van der Waals surface area contributed by atoms with Crippen molar-refractivity contribution in [3.05, 3.63) is 23.5 Å². The van der Waals surface area contributed by atoms with Crippen molar-refractivity contribution in [2.24, 2.45) is 10.9 Å². The molecule has 1 aromatic heterocycles. The maximum atomic E-state index is 12.7. The van der Waals surface area contributed by atoms with Gasteiger partial charge >= 0.3 is 18.2 Å². The Hall–Kier alpha value is -3.17. The van der Waals surface area contributed by atoms with Gasteiger partial charge in [-0.25, -0.2) is 14.4 Å². The summed E-state index contributed by atoms with van der Waals surface area (Å²) < 4.78 is 15.3. The lowest BCUT2D eigenvalue weighted by Crippen LogP contribution is -2.44.